The molecule has 2 heterocycles. The van der Waals surface area contributed by atoms with E-state index in [2.05, 4.69) is 4.98 Å². The second kappa shape index (κ2) is 5.27. The molecule has 0 unspecified atom stereocenters. The summed E-state index contributed by atoms with van der Waals surface area (Å²) >= 11 is 5.77. The first-order chi connectivity index (χ1) is 10.8. The van der Waals surface area contributed by atoms with E-state index in [1.807, 2.05) is 0 Å². The van der Waals surface area contributed by atoms with Crippen molar-refractivity contribution in [3.8, 4) is 17.1 Å². The molecule has 23 heavy (non-hydrogen) atoms. The van der Waals surface area contributed by atoms with Crippen molar-refractivity contribution in [3.63, 3.8) is 0 Å². The third-order valence-corrected chi connectivity index (χ3v) is 3.36. The molecule has 8 heteroatoms. The van der Waals surface area contributed by atoms with Crippen molar-refractivity contribution in [3.05, 3.63) is 57.3 Å². The molecule has 0 saturated heterocycles. The molecule has 0 aliphatic rings. The molecular weight excluding hydrogens is 335 g/mol. The molecule has 4 nitrogen and oxygen atoms in total. The Balaban J connectivity index is 2.20. The van der Waals surface area contributed by atoms with Gasteiger partial charge in [0.25, 0.3) is 5.43 Å². The Morgan fingerprint density at radius 3 is 2.43 bits per heavy atom. The van der Waals surface area contributed by atoms with Crippen molar-refractivity contribution >= 4 is 22.7 Å². The number of nitrogens with zero attached hydrogens (tertiary/aromatic N) is 1. The minimum Gasteiger partial charge on any atom is -0.501 e. The summed E-state index contributed by atoms with van der Waals surface area (Å²) in [5.74, 6) is -0.979. The SMILES string of the molecule is O=c1c(O)c(-c2ccc(C(F)(F)F)cc2)oc2cc(Cl)cnc12. The van der Waals surface area contributed by atoms with Crippen molar-refractivity contribution in [2.75, 3.05) is 0 Å². The van der Waals surface area contributed by atoms with E-state index >= 15 is 0 Å². The van der Waals surface area contributed by atoms with Gasteiger partial charge in [0.2, 0.25) is 5.75 Å². The van der Waals surface area contributed by atoms with Crippen molar-refractivity contribution < 1.29 is 22.7 Å². The summed E-state index contributed by atoms with van der Waals surface area (Å²) in [7, 11) is 0. The predicted octanol–water partition coefficient (Wildman–Crippen LogP) is 4.23. The molecule has 1 aromatic carbocycles. The second-order valence-electron chi connectivity index (χ2n) is 4.68. The fraction of sp³-hybridized carbons (Fsp3) is 0.0667. The monoisotopic (exact) mass is 341 g/mol. The number of hydrogen-bond donors (Lipinski definition) is 1. The molecule has 2 aromatic heterocycles. The van der Waals surface area contributed by atoms with E-state index in [0.29, 0.717) is 0 Å². The van der Waals surface area contributed by atoms with Crippen molar-refractivity contribution in [2.24, 2.45) is 0 Å². The maximum atomic E-state index is 12.6. The summed E-state index contributed by atoms with van der Waals surface area (Å²) in [6.07, 6.45) is -3.26. The number of fused-ring (bicyclic) bond motifs is 1. The van der Waals surface area contributed by atoms with E-state index in [-0.39, 0.29) is 27.4 Å². The van der Waals surface area contributed by atoms with E-state index in [9.17, 15) is 23.1 Å². The molecule has 0 spiro atoms. The van der Waals surface area contributed by atoms with Gasteiger partial charge < -0.3 is 9.52 Å². The van der Waals surface area contributed by atoms with Crippen molar-refractivity contribution in [1.29, 1.82) is 0 Å². The van der Waals surface area contributed by atoms with Crippen LogP contribution in [0.2, 0.25) is 5.02 Å². The quantitative estimate of drug-likeness (QED) is 0.719. The molecule has 0 amide bonds. The molecule has 0 radical (unpaired) electrons. The number of pyridine rings is 1. The highest BCUT2D eigenvalue weighted by atomic mass is 35.5. The number of rotatable bonds is 1. The fourth-order valence-electron chi connectivity index (χ4n) is 2.05. The van der Waals surface area contributed by atoms with Gasteiger partial charge in [0.15, 0.2) is 16.9 Å². The Bertz CT molecular complexity index is 949. The van der Waals surface area contributed by atoms with Gasteiger partial charge in [-0.1, -0.05) is 23.7 Å². The first-order valence-corrected chi connectivity index (χ1v) is 6.64. The topological polar surface area (TPSA) is 63.3 Å². The summed E-state index contributed by atoms with van der Waals surface area (Å²) in [6, 6.07) is 5.19. The average molecular weight is 342 g/mol. The maximum Gasteiger partial charge on any atom is 0.416 e. The minimum atomic E-state index is -4.48. The van der Waals surface area contributed by atoms with Crippen molar-refractivity contribution in [1.82, 2.24) is 4.98 Å². The predicted molar refractivity (Wildman–Crippen MR) is 77.4 cm³/mol. The zero-order valence-corrected chi connectivity index (χ0v) is 11.9. The van der Waals surface area contributed by atoms with Crippen LogP contribution >= 0.6 is 11.6 Å². The number of halogens is 4. The van der Waals surface area contributed by atoms with E-state index in [0.717, 1.165) is 24.3 Å². The Labute approximate surface area is 131 Å². The van der Waals surface area contributed by atoms with Crippen LogP contribution in [0.4, 0.5) is 13.2 Å². The summed E-state index contributed by atoms with van der Waals surface area (Å²) in [5, 5.41) is 10.2. The highest BCUT2D eigenvalue weighted by Crippen LogP contribution is 2.34. The Morgan fingerprint density at radius 1 is 1.17 bits per heavy atom. The molecule has 118 valence electrons. The van der Waals surface area contributed by atoms with E-state index in [1.54, 1.807) is 0 Å². The lowest BCUT2D eigenvalue weighted by Gasteiger charge is -2.08. The highest BCUT2D eigenvalue weighted by Gasteiger charge is 2.30. The largest absolute Gasteiger partial charge is 0.501 e. The van der Waals surface area contributed by atoms with Gasteiger partial charge in [0, 0.05) is 17.8 Å². The van der Waals surface area contributed by atoms with Crippen LogP contribution in [0.15, 0.2) is 45.7 Å². The van der Waals surface area contributed by atoms with E-state index in [4.69, 9.17) is 16.0 Å². The molecular formula is C15H7ClF3NO3. The van der Waals surface area contributed by atoms with Crippen LogP contribution in [0.1, 0.15) is 5.56 Å². The summed E-state index contributed by atoms with van der Waals surface area (Å²) < 4.78 is 43.1. The smallest absolute Gasteiger partial charge is 0.416 e. The molecule has 0 bridgehead atoms. The first-order valence-electron chi connectivity index (χ1n) is 6.26. The Hall–Kier alpha value is -2.54. The van der Waals surface area contributed by atoms with Crippen LogP contribution < -0.4 is 5.43 Å². The number of alkyl halides is 3. The number of hydrogen-bond acceptors (Lipinski definition) is 4. The van der Waals surface area contributed by atoms with Crippen LogP contribution in [-0.2, 0) is 6.18 Å². The third kappa shape index (κ3) is 2.75. The molecule has 0 aliphatic carbocycles. The van der Waals surface area contributed by atoms with Gasteiger partial charge in [-0.25, -0.2) is 4.98 Å². The van der Waals surface area contributed by atoms with Crippen LogP contribution in [0.25, 0.3) is 22.4 Å². The van der Waals surface area contributed by atoms with Gasteiger partial charge in [-0.05, 0) is 12.1 Å². The van der Waals surface area contributed by atoms with Crippen LogP contribution in [0.3, 0.4) is 0 Å². The summed E-state index contributed by atoms with van der Waals surface area (Å²) in [6.45, 7) is 0. The molecule has 1 N–H and O–H groups in total. The Kier molecular flexibility index (Phi) is 3.52. The lowest BCUT2D eigenvalue weighted by atomic mass is 10.1. The van der Waals surface area contributed by atoms with E-state index in [1.165, 1.54) is 12.3 Å². The van der Waals surface area contributed by atoms with Crippen LogP contribution in [0.5, 0.6) is 5.75 Å². The van der Waals surface area contributed by atoms with Crippen molar-refractivity contribution in [2.45, 2.75) is 6.18 Å². The summed E-state index contributed by atoms with van der Waals surface area (Å²) in [4.78, 5) is 15.8. The van der Waals surface area contributed by atoms with Gasteiger partial charge in [-0.2, -0.15) is 13.2 Å². The fourth-order valence-corrected chi connectivity index (χ4v) is 2.20. The van der Waals surface area contributed by atoms with Gasteiger partial charge >= 0.3 is 6.18 Å². The molecule has 0 saturated carbocycles. The van der Waals surface area contributed by atoms with Gasteiger partial charge in [0.1, 0.15) is 0 Å². The highest BCUT2D eigenvalue weighted by molar-refractivity contribution is 6.31. The number of aromatic hydroxyl groups is 1. The maximum absolute atomic E-state index is 12.6. The van der Waals surface area contributed by atoms with Gasteiger partial charge in [-0.3, -0.25) is 4.79 Å². The summed E-state index contributed by atoms with van der Waals surface area (Å²) in [5.41, 5.74) is -1.63. The molecule has 0 atom stereocenters. The first kappa shape index (κ1) is 15.4. The normalized spacial score (nSPS) is 11.8. The number of benzene rings is 1. The molecule has 0 fully saturated rings. The second-order valence-corrected chi connectivity index (χ2v) is 5.12. The minimum absolute atomic E-state index is 0.0233. The van der Waals surface area contributed by atoms with Crippen LogP contribution in [-0.4, -0.2) is 10.1 Å². The van der Waals surface area contributed by atoms with E-state index < -0.39 is 22.9 Å². The lowest BCUT2D eigenvalue weighted by molar-refractivity contribution is -0.137. The standard InChI is InChI=1S/C15H7ClF3NO3/c16-9-5-10-11(20-6-9)12(21)13(22)14(23-10)7-1-3-8(4-2-7)15(17,18)19/h1-6,22H. The molecule has 3 rings (SSSR count). The lowest BCUT2D eigenvalue weighted by Crippen LogP contribution is -2.05. The van der Waals surface area contributed by atoms with Crippen LogP contribution in [0, 0.1) is 0 Å². The average Bonchev–Trinajstić information content (AvgIpc) is 2.50. The zero-order valence-electron chi connectivity index (χ0n) is 11.2. The van der Waals surface area contributed by atoms with Gasteiger partial charge in [-0.15, -0.1) is 0 Å². The molecule has 3 aromatic rings. The number of aromatic nitrogens is 1. The molecule has 0 aliphatic heterocycles. The zero-order chi connectivity index (χ0) is 16.8. The van der Waals surface area contributed by atoms with Gasteiger partial charge in [0.05, 0.1) is 10.6 Å². The third-order valence-electron chi connectivity index (χ3n) is 3.15. The Morgan fingerprint density at radius 2 is 1.83 bits per heavy atom.